The summed E-state index contributed by atoms with van der Waals surface area (Å²) in [5.74, 6) is -0.409. The highest BCUT2D eigenvalue weighted by atomic mass is 32.1. The summed E-state index contributed by atoms with van der Waals surface area (Å²) >= 11 is 4.89. The van der Waals surface area contributed by atoms with E-state index in [2.05, 4.69) is 4.74 Å². The third-order valence-corrected chi connectivity index (χ3v) is 2.05. The van der Waals surface area contributed by atoms with E-state index < -0.39 is 5.97 Å². The number of carbonyl (C=O) groups is 1. The number of hydrogen-bond acceptors (Lipinski definition) is 3. The molecule has 1 aromatic rings. The minimum absolute atomic E-state index is 0.306. The van der Waals surface area contributed by atoms with Crippen LogP contribution in [0.5, 0.6) is 0 Å². The fraction of sp³-hybridized carbons (Fsp3) is 0.0909. The van der Waals surface area contributed by atoms with Crippen molar-refractivity contribution < 1.29 is 9.53 Å². The third kappa shape index (κ3) is 3.18. The minimum Gasteiger partial charge on any atom is -0.466 e. The summed E-state index contributed by atoms with van der Waals surface area (Å²) in [6.07, 6.45) is 2.96. The van der Waals surface area contributed by atoms with E-state index >= 15 is 0 Å². The lowest BCUT2D eigenvalue weighted by atomic mass is 10.1. The maximum absolute atomic E-state index is 10.9. The summed E-state index contributed by atoms with van der Waals surface area (Å²) in [6.45, 7) is 0. The van der Waals surface area contributed by atoms with E-state index in [0.717, 1.165) is 11.1 Å². The number of thiocarbonyl (C=S) groups is 1. The summed E-state index contributed by atoms with van der Waals surface area (Å²) in [6, 6.07) is 7.32. The third-order valence-electron chi connectivity index (χ3n) is 1.83. The van der Waals surface area contributed by atoms with Crippen LogP contribution in [0.3, 0.4) is 0 Å². The SMILES string of the molecule is COC(=O)C=Cc1ccccc1C(N)=S. The molecule has 3 nitrogen and oxygen atoms in total. The van der Waals surface area contributed by atoms with Gasteiger partial charge in [0.05, 0.1) is 7.11 Å². The van der Waals surface area contributed by atoms with Crippen LogP contribution < -0.4 is 5.73 Å². The van der Waals surface area contributed by atoms with Crippen LogP contribution in [-0.2, 0) is 9.53 Å². The van der Waals surface area contributed by atoms with Gasteiger partial charge in [0.15, 0.2) is 0 Å². The second-order valence-corrected chi connectivity index (χ2v) is 3.25. The Bertz CT molecular complexity index is 413. The fourth-order valence-electron chi connectivity index (χ4n) is 1.09. The molecule has 0 bridgehead atoms. The molecule has 0 aromatic heterocycles. The number of carbonyl (C=O) groups excluding carboxylic acids is 1. The van der Waals surface area contributed by atoms with Gasteiger partial charge in [0.2, 0.25) is 0 Å². The number of methoxy groups -OCH3 is 1. The summed E-state index contributed by atoms with van der Waals surface area (Å²) in [5.41, 5.74) is 7.08. The van der Waals surface area contributed by atoms with E-state index in [1.54, 1.807) is 12.1 Å². The standard InChI is InChI=1S/C11H11NO2S/c1-14-10(13)7-6-8-4-2-3-5-9(8)11(12)15/h2-7H,1H3,(H2,12,15). The fourth-order valence-corrected chi connectivity index (χ4v) is 1.28. The Hall–Kier alpha value is -1.68. The zero-order valence-corrected chi connectivity index (χ0v) is 9.08. The normalized spacial score (nSPS) is 10.2. The van der Waals surface area contributed by atoms with Crippen LogP contribution in [0.15, 0.2) is 30.3 Å². The molecule has 0 fully saturated rings. The molecule has 0 heterocycles. The van der Waals surface area contributed by atoms with Crippen molar-refractivity contribution in [3.05, 3.63) is 41.5 Å². The maximum Gasteiger partial charge on any atom is 0.330 e. The van der Waals surface area contributed by atoms with Crippen molar-refractivity contribution in [3.63, 3.8) is 0 Å². The number of rotatable bonds is 3. The molecule has 0 aliphatic heterocycles. The number of ether oxygens (including phenoxy) is 1. The van der Waals surface area contributed by atoms with E-state index in [9.17, 15) is 4.79 Å². The van der Waals surface area contributed by atoms with Gasteiger partial charge in [-0.25, -0.2) is 4.79 Å². The smallest absolute Gasteiger partial charge is 0.330 e. The Morgan fingerprint density at radius 3 is 2.73 bits per heavy atom. The minimum atomic E-state index is -0.409. The number of nitrogens with two attached hydrogens (primary N) is 1. The van der Waals surface area contributed by atoms with Crippen molar-refractivity contribution in [2.24, 2.45) is 5.73 Å². The molecule has 4 heteroatoms. The first-order chi connectivity index (χ1) is 7.15. The number of hydrogen-bond donors (Lipinski definition) is 1. The van der Waals surface area contributed by atoms with Crippen LogP contribution in [0.2, 0.25) is 0 Å². The molecule has 0 aliphatic carbocycles. The van der Waals surface area contributed by atoms with Crippen molar-refractivity contribution in [2.75, 3.05) is 7.11 Å². The highest BCUT2D eigenvalue weighted by molar-refractivity contribution is 7.80. The molecule has 0 radical (unpaired) electrons. The Labute approximate surface area is 93.5 Å². The largest absolute Gasteiger partial charge is 0.466 e. The summed E-state index contributed by atoms with van der Waals surface area (Å²) in [5, 5.41) is 0. The average Bonchev–Trinajstić information content (AvgIpc) is 2.26. The van der Waals surface area contributed by atoms with E-state index in [1.165, 1.54) is 13.2 Å². The summed E-state index contributed by atoms with van der Waals surface area (Å²) < 4.78 is 4.48. The Balaban J connectivity index is 2.99. The number of esters is 1. The van der Waals surface area contributed by atoms with Crippen LogP contribution in [0, 0.1) is 0 Å². The quantitative estimate of drug-likeness (QED) is 0.477. The van der Waals surface area contributed by atoms with Crippen LogP contribution in [-0.4, -0.2) is 18.1 Å². The molecule has 1 rings (SSSR count). The molecular weight excluding hydrogens is 210 g/mol. The molecule has 0 saturated carbocycles. The topological polar surface area (TPSA) is 52.3 Å². The van der Waals surface area contributed by atoms with Crippen LogP contribution in [0.1, 0.15) is 11.1 Å². The van der Waals surface area contributed by atoms with Crippen molar-refractivity contribution in [1.82, 2.24) is 0 Å². The second-order valence-electron chi connectivity index (χ2n) is 2.81. The van der Waals surface area contributed by atoms with Gasteiger partial charge in [0.25, 0.3) is 0 Å². The van der Waals surface area contributed by atoms with Gasteiger partial charge >= 0.3 is 5.97 Å². The molecule has 0 aliphatic rings. The molecule has 15 heavy (non-hydrogen) atoms. The lowest BCUT2D eigenvalue weighted by Gasteiger charge is -2.02. The van der Waals surface area contributed by atoms with E-state index in [1.807, 2.05) is 18.2 Å². The molecule has 0 atom stereocenters. The van der Waals surface area contributed by atoms with Gasteiger partial charge in [-0.2, -0.15) is 0 Å². The Morgan fingerprint density at radius 1 is 1.47 bits per heavy atom. The summed E-state index contributed by atoms with van der Waals surface area (Å²) in [4.78, 5) is 11.2. The van der Waals surface area contributed by atoms with Crippen molar-refractivity contribution in [2.45, 2.75) is 0 Å². The van der Waals surface area contributed by atoms with Crippen LogP contribution >= 0.6 is 12.2 Å². The van der Waals surface area contributed by atoms with Crippen molar-refractivity contribution in [1.29, 1.82) is 0 Å². The van der Waals surface area contributed by atoms with Gasteiger partial charge in [-0.05, 0) is 11.6 Å². The first kappa shape index (κ1) is 11.4. The molecule has 0 unspecified atom stereocenters. The van der Waals surface area contributed by atoms with Crippen LogP contribution in [0.25, 0.3) is 6.08 Å². The van der Waals surface area contributed by atoms with E-state index in [0.29, 0.717) is 4.99 Å². The summed E-state index contributed by atoms with van der Waals surface area (Å²) in [7, 11) is 1.33. The van der Waals surface area contributed by atoms with Gasteiger partial charge in [-0.1, -0.05) is 36.5 Å². The monoisotopic (exact) mass is 221 g/mol. The van der Waals surface area contributed by atoms with Crippen molar-refractivity contribution in [3.8, 4) is 0 Å². The molecule has 2 N–H and O–H groups in total. The zero-order chi connectivity index (χ0) is 11.3. The maximum atomic E-state index is 10.9. The van der Waals surface area contributed by atoms with E-state index in [-0.39, 0.29) is 0 Å². The zero-order valence-electron chi connectivity index (χ0n) is 8.27. The molecule has 78 valence electrons. The van der Waals surface area contributed by atoms with Gasteiger partial charge in [-0.15, -0.1) is 0 Å². The van der Waals surface area contributed by atoms with E-state index in [4.69, 9.17) is 18.0 Å². The molecule has 1 aromatic carbocycles. The van der Waals surface area contributed by atoms with Crippen LogP contribution in [0.4, 0.5) is 0 Å². The highest BCUT2D eigenvalue weighted by Gasteiger charge is 2.01. The number of benzene rings is 1. The molecule has 0 saturated heterocycles. The Kier molecular flexibility index (Phi) is 4.00. The predicted molar refractivity (Wildman–Crippen MR) is 63.4 cm³/mol. The molecule has 0 spiro atoms. The molecular formula is C11H11NO2S. The first-order valence-electron chi connectivity index (χ1n) is 4.30. The first-order valence-corrected chi connectivity index (χ1v) is 4.71. The Morgan fingerprint density at radius 2 is 2.13 bits per heavy atom. The predicted octanol–water partition coefficient (Wildman–Crippen LogP) is 1.51. The molecule has 0 amide bonds. The van der Waals surface area contributed by atoms with Gasteiger partial charge < -0.3 is 10.5 Å². The van der Waals surface area contributed by atoms with Gasteiger partial charge in [0, 0.05) is 11.6 Å². The average molecular weight is 221 g/mol. The van der Waals surface area contributed by atoms with Crippen molar-refractivity contribution >= 4 is 29.3 Å². The lowest BCUT2D eigenvalue weighted by Crippen LogP contribution is -2.10. The van der Waals surface area contributed by atoms with Gasteiger partial charge in [0.1, 0.15) is 4.99 Å². The highest BCUT2D eigenvalue weighted by Crippen LogP contribution is 2.10. The second kappa shape index (κ2) is 5.26. The lowest BCUT2D eigenvalue weighted by molar-refractivity contribution is -0.134. The van der Waals surface area contributed by atoms with Gasteiger partial charge in [-0.3, -0.25) is 0 Å².